The van der Waals surface area contributed by atoms with E-state index in [-0.39, 0.29) is 47.4 Å². The number of ketones is 2. The lowest BCUT2D eigenvalue weighted by Gasteiger charge is -2.37. The van der Waals surface area contributed by atoms with E-state index < -0.39 is 17.6 Å². The molecule has 0 aromatic heterocycles. The van der Waals surface area contributed by atoms with Crippen molar-refractivity contribution < 1.29 is 23.9 Å². The Labute approximate surface area is 138 Å². The van der Waals surface area contributed by atoms with Gasteiger partial charge in [0.2, 0.25) is 5.78 Å². The number of hydrogen-bond acceptors (Lipinski definition) is 7. The third-order valence-corrected chi connectivity index (χ3v) is 5.96. The van der Waals surface area contributed by atoms with Gasteiger partial charge in [-0.25, -0.2) is 4.79 Å². The van der Waals surface area contributed by atoms with Crippen LogP contribution in [-0.2, 0) is 19.1 Å². The Morgan fingerprint density at radius 3 is 2.67 bits per heavy atom. The molecule has 1 amide bonds. The molecule has 1 saturated carbocycles. The van der Waals surface area contributed by atoms with Gasteiger partial charge in [0.1, 0.15) is 12.2 Å². The molecule has 0 aromatic rings. The van der Waals surface area contributed by atoms with Crippen LogP contribution in [0.5, 0.6) is 0 Å². The summed E-state index contributed by atoms with van der Waals surface area (Å²) in [5, 5.41) is 3.32. The van der Waals surface area contributed by atoms with Gasteiger partial charge in [0.25, 0.3) is 0 Å². The first-order valence-electron chi connectivity index (χ1n) is 7.87. The van der Waals surface area contributed by atoms with Gasteiger partial charge >= 0.3 is 6.09 Å². The zero-order valence-corrected chi connectivity index (χ0v) is 13.4. The number of carbonyl (C=O) groups is 3. The van der Waals surface area contributed by atoms with Crippen molar-refractivity contribution in [3.63, 3.8) is 0 Å². The molecule has 5 atom stereocenters. The highest BCUT2D eigenvalue weighted by Crippen LogP contribution is 2.61. The van der Waals surface area contributed by atoms with Gasteiger partial charge in [0.15, 0.2) is 5.78 Å². The van der Waals surface area contributed by atoms with Crippen LogP contribution in [0.4, 0.5) is 4.79 Å². The quantitative estimate of drug-likeness (QED) is 0.450. The molecular weight excluding hydrogens is 314 g/mol. The average Bonchev–Trinajstić information content (AvgIpc) is 3.16. The van der Waals surface area contributed by atoms with Crippen LogP contribution >= 0.6 is 0 Å². The molecule has 0 radical (unpaired) electrons. The normalized spacial score (nSPS) is 39.8. The number of amides is 1. The fourth-order valence-corrected chi connectivity index (χ4v) is 4.87. The first-order chi connectivity index (χ1) is 11.3. The number of carbonyl (C=O) groups excluding carboxylic acids is 3. The van der Waals surface area contributed by atoms with Crippen molar-refractivity contribution in [2.24, 2.45) is 23.3 Å². The topological polar surface area (TPSA) is 144 Å². The highest BCUT2D eigenvalue weighted by Gasteiger charge is 2.73. The number of Topliss-reactive ketones (excluding diaryl/α,β-unsaturated/α-hetero) is 2. The minimum absolute atomic E-state index is 0.0155. The molecule has 1 unspecified atom stereocenters. The molecule has 8 nitrogen and oxygen atoms in total. The van der Waals surface area contributed by atoms with Crippen LogP contribution in [0.25, 0.3) is 0 Å². The Balaban J connectivity index is 1.85. The molecule has 5 N–H and O–H groups in total. The van der Waals surface area contributed by atoms with E-state index in [2.05, 4.69) is 5.32 Å². The van der Waals surface area contributed by atoms with Gasteiger partial charge in [-0.1, -0.05) is 0 Å². The fourth-order valence-electron chi connectivity index (χ4n) is 4.87. The predicted molar refractivity (Wildman–Crippen MR) is 81.5 cm³/mol. The highest BCUT2D eigenvalue weighted by atomic mass is 16.5. The van der Waals surface area contributed by atoms with E-state index in [1.54, 1.807) is 14.0 Å². The molecule has 8 heteroatoms. The average molecular weight is 333 g/mol. The summed E-state index contributed by atoms with van der Waals surface area (Å²) in [4.78, 5) is 36.7. The lowest BCUT2D eigenvalue weighted by molar-refractivity contribution is -0.117. The standard InChI is InChI=1S/C16H19N3O5/c1-5-11(17)13(21)10-7(4-24-15(18)22)16(23-2)6(9(10)12(5)20)3-8-14(16)19-8/h6-8,14,19H,3-4,17H2,1-2H3,(H2,18,22)/t6?,7-,8+,14+,16-/m1/s1. The van der Waals surface area contributed by atoms with Crippen molar-refractivity contribution in [3.05, 3.63) is 22.4 Å². The Kier molecular flexibility index (Phi) is 2.99. The van der Waals surface area contributed by atoms with Crippen molar-refractivity contribution in [1.29, 1.82) is 0 Å². The first-order valence-corrected chi connectivity index (χ1v) is 7.87. The van der Waals surface area contributed by atoms with E-state index >= 15 is 0 Å². The third-order valence-electron chi connectivity index (χ3n) is 5.96. The van der Waals surface area contributed by atoms with E-state index in [0.29, 0.717) is 17.6 Å². The third kappa shape index (κ3) is 1.62. The van der Waals surface area contributed by atoms with Gasteiger partial charge in [-0.3, -0.25) is 9.59 Å². The number of fused-ring (bicyclic) bond motifs is 4. The molecule has 24 heavy (non-hydrogen) atoms. The van der Waals surface area contributed by atoms with Crippen molar-refractivity contribution in [1.82, 2.24) is 5.32 Å². The van der Waals surface area contributed by atoms with Gasteiger partial charge in [-0.2, -0.15) is 0 Å². The summed E-state index contributed by atoms with van der Waals surface area (Å²) in [6, 6.07) is 0.258. The second kappa shape index (κ2) is 4.67. The maximum absolute atomic E-state index is 12.8. The number of nitrogens with two attached hydrogens (primary N) is 2. The van der Waals surface area contributed by atoms with Crippen molar-refractivity contribution in [3.8, 4) is 0 Å². The molecular formula is C16H19N3O5. The molecule has 0 aromatic carbocycles. The van der Waals surface area contributed by atoms with Gasteiger partial charge in [0.05, 0.1) is 17.7 Å². The second-order valence-electron chi connectivity index (χ2n) is 6.80. The van der Waals surface area contributed by atoms with Gasteiger partial charge in [-0.05, 0) is 13.3 Å². The molecule has 4 rings (SSSR count). The van der Waals surface area contributed by atoms with Crippen molar-refractivity contribution >= 4 is 17.7 Å². The fraction of sp³-hybridized carbons (Fsp3) is 0.562. The van der Waals surface area contributed by atoms with Crippen LogP contribution in [0.3, 0.4) is 0 Å². The summed E-state index contributed by atoms with van der Waals surface area (Å²) in [5.74, 6) is -1.36. The van der Waals surface area contributed by atoms with Crippen LogP contribution in [-0.4, -0.2) is 49.1 Å². The summed E-state index contributed by atoms with van der Waals surface area (Å²) < 4.78 is 10.9. The number of allylic oxidation sites excluding steroid dienone is 2. The van der Waals surface area contributed by atoms with E-state index in [0.717, 1.165) is 0 Å². The van der Waals surface area contributed by atoms with Crippen LogP contribution < -0.4 is 16.8 Å². The molecule has 1 saturated heterocycles. The minimum atomic E-state index is -0.931. The molecule has 2 fully saturated rings. The summed E-state index contributed by atoms with van der Waals surface area (Å²) >= 11 is 0. The van der Waals surface area contributed by atoms with Gasteiger partial charge in [0, 0.05) is 35.8 Å². The maximum atomic E-state index is 12.8. The number of piperidine rings is 1. The molecule has 0 bridgehead atoms. The molecule has 0 spiro atoms. The smallest absolute Gasteiger partial charge is 0.404 e. The second-order valence-corrected chi connectivity index (χ2v) is 6.80. The first kappa shape index (κ1) is 15.3. The molecule has 128 valence electrons. The number of ether oxygens (including phenoxy) is 2. The predicted octanol–water partition coefficient (Wildman–Crippen LogP) is -0.862. The lowest BCUT2D eigenvalue weighted by Crippen LogP contribution is -2.50. The van der Waals surface area contributed by atoms with E-state index in [1.165, 1.54) is 0 Å². The minimum Gasteiger partial charge on any atom is -0.449 e. The van der Waals surface area contributed by atoms with Crippen molar-refractivity contribution in [2.45, 2.75) is 31.0 Å². The Hall–Kier alpha value is -2.19. The Morgan fingerprint density at radius 1 is 1.33 bits per heavy atom. The summed E-state index contributed by atoms with van der Waals surface area (Å²) in [5.41, 5.74) is 11.2. The van der Waals surface area contributed by atoms with E-state index in [9.17, 15) is 14.4 Å². The zero-order valence-electron chi connectivity index (χ0n) is 13.4. The number of rotatable bonds is 3. The summed E-state index contributed by atoms with van der Waals surface area (Å²) in [7, 11) is 1.56. The van der Waals surface area contributed by atoms with Crippen molar-refractivity contribution in [2.75, 3.05) is 13.7 Å². The molecule has 4 aliphatic rings. The maximum Gasteiger partial charge on any atom is 0.404 e. The highest BCUT2D eigenvalue weighted by molar-refractivity contribution is 6.26. The lowest BCUT2D eigenvalue weighted by atomic mass is 9.80. The molecule has 3 aliphatic carbocycles. The molecule has 1 aliphatic heterocycles. The Bertz CT molecular complexity index is 755. The van der Waals surface area contributed by atoms with Gasteiger partial charge < -0.3 is 26.3 Å². The van der Waals surface area contributed by atoms with Crippen LogP contribution in [0.2, 0.25) is 0 Å². The number of hydrogen-bond donors (Lipinski definition) is 3. The van der Waals surface area contributed by atoms with E-state index in [1.807, 2.05) is 0 Å². The van der Waals surface area contributed by atoms with Gasteiger partial charge in [-0.15, -0.1) is 0 Å². The SMILES string of the molecule is CO[C@@]12C(C[C@@H]3N[C@@H]31)C1=C(C(=O)C(N)=C(C)C1=O)[C@H]2COC(N)=O. The van der Waals surface area contributed by atoms with Crippen LogP contribution in [0.1, 0.15) is 13.3 Å². The summed E-state index contributed by atoms with van der Waals surface area (Å²) in [6.07, 6.45) is -0.226. The number of primary amides is 1. The number of methoxy groups -OCH3 is 1. The number of nitrogens with one attached hydrogen (secondary N) is 1. The largest absolute Gasteiger partial charge is 0.449 e. The summed E-state index contributed by atoms with van der Waals surface area (Å²) in [6.45, 7) is 1.45. The monoisotopic (exact) mass is 333 g/mol. The van der Waals surface area contributed by atoms with Crippen LogP contribution in [0.15, 0.2) is 22.4 Å². The van der Waals surface area contributed by atoms with E-state index in [4.69, 9.17) is 20.9 Å². The molecule has 1 heterocycles. The van der Waals surface area contributed by atoms with Crippen LogP contribution in [0, 0.1) is 11.8 Å². The Morgan fingerprint density at radius 2 is 2.04 bits per heavy atom. The zero-order chi connectivity index (χ0) is 17.4.